The lowest BCUT2D eigenvalue weighted by atomic mass is 9.68. The minimum Gasteiger partial charge on any atom is -0.310 e. The summed E-state index contributed by atoms with van der Waals surface area (Å²) in [4.78, 5) is 2.41. The molecule has 9 rings (SSSR count). The molecule has 0 fully saturated rings. The van der Waals surface area contributed by atoms with E-state index in [0.29, 0.717) is 0 Å². The number of rotatable bonds is 5. The topological polar surface area (TPSA) is 3.24 Å². The van der Waals surface area contributed by atoms with Crippen LogP contribution in [0.3, 0.4) is 0 Å². The van der Waals surface area contributed by atoms with E-state index < -0.39 is 5.41 Å². The molecule has 0 unspecified atom stereocenters. The maximum absolute atomic E-state index is 6.87. The Morgan fingerprint density at radius 1 is 0.426 bits per heavy atom. The van der Waals surface area contributed by atoms with Crippen molar-refractivity contribution < 1.29 is 0 Å². The summed E-state index contributed by atoms with van der Waals surface area (Å²) in [5.74, 6) is 0. The zero-order valence-electron chi connectivity index (χ0n) is 25.6. The van der Waals surface area contributed by atoms with Gasteiger partial charge in [0.05, 0.1) is 11.1 Å². The van der Waals surface area contributed by atoms with Crippen LogP contribution in [0.2, 0.25) is 5.02 Å². The molecule has 47 heavy (non-hydrogen) atoms. The molecule has 0 radical (unpaired) electrons. The summed E-state index contributed by atoms with van der Waals surface area (Å²) < 4.78 is 0. The van der Waals surface area contributed by atoms with Crippen LogP contribution in [0.1, 0.15) is 22.3 Å². The molecule has 1 aliphatic rings. The van der Waals surface area contributed by atoms with E-state index in [2.05, 4.69) is 187 Å². The molecule has 8 aromatic rings. The quantitative estimate of drug-likeness (QED) is 0.173. The number of anilines is 3. The maximum Gasteiger partial charge on any atom is 0.0714 e. The van der Waals surface area contributed by atoms with Crippen LogP contribution in [0.5, 0.6) is 0 Å². The van der Waals surface area contributed by atoms with E-state index in [1.807, 2.05) is 0 Å². The van der Waals surface area contributed by atoms with E-state index in [4.69, 9.17) is 11.6 Å². The molecule has 0 aliphatic heterocycles. The van der Waals surface area contributed by atoms with Crippen molar-refractivity contribution in [1.82, 2.24) is 0 Å². The predicted octanol–water partition coefficient (Wildman–Crippen LogP) is 12.5. The summed E-state index contributed by atoms with van der Waals surface area (Å²) in [6.07, 6.45) is 0. The molecule has 1 aliphatic carbocycles. The maximum atomic E-state index is 6.87. The summed E-state index contributed by atoms with van der Waals surface area (Å²) in [7, 11) is 0. The van der Waals surface area contributed by atoms with Crippen molar-refractivity contribution in [1.29, 1.82) is 0 Å². The fourth-order valence-corrected chi connectivity index (χ4v) is 8.13. The zero-order valence-corrected chi connectivity index (χ0v) is 26.4. The molecule has 0 saturated heterocycles. The average molecular weight is 620 g/mol. The summed E-state index contributed by atoms with van der Waals surface area (Å²) >= 11 is 6.87. The molecular weight excluding hydrogens is 590 g/mol. The normalized spacial score (nSPS) is 13.0. The average Bonchev–Trinajstić information content (AvgIpc) is 3.45. The van der Waals surface area contributed by atoms with Gasteiger partial charge in [-0.15, -0.1) is 0 Å². The highest BCUT2D eigenvalue weighted by Gasteiger charge is 2.47. The van der Waals surface area contributed by atoms with Crippen LogP contribution < -0.4 is 4.90 Å². The Balaban J connectivity index is 1.38. The number of hydrogen-bond donors (Lipinski definition) is 0. The molecule has 0 heterocycles. The van der Waals surface area contributed by atoms with Crippen LogP contribution in [0, 0.1) is 0 Å². The Labute approximate surface area is 280 Å². The molecule has 0 spiro atoms. The third-order valence-electron chi connectivity index (χ3n) is 9.77. The fourth-order valence-electron chi connectivity index (χ4n) is 7.85. The molecule has 0 saturated carbocycles. The van der Waals surface area contributed by atoms with Gasteiger partial charge in [0, 0.05) is 27.3 Å². The van der Waals surface area contributed by atoms with E-state index in [1.54, 1.807) is 0 Å². The molecule has 0 bridgehead atoms. The Hall–Kier alpha value is -5.63. The SMILES string of the molecule is Clc1cc2ccccc2c2cc(N(c3ccccc3)c3cccc4c3-c3ccccc3C4(c3ccccc3)c3ccccc3)ccc12. The van der Waals surface area contributed by atoms with Gasteiger partial charge in [-0.05, 0) is 80.4 Å². The van der Waals surface area contributed by atoms with Crippen molar-refractivity contribution in [3.63, 3.8) is 0 Å². The molecule has 8 aromatic carbocycles. The van der Waals surface area contributed by atoms with E-state index >= 15 is 0 Å². The summed E-state index contributed by atoms with van der Waals surface area (Å²) in [6.45, 7) is 0. The first-order valence-corrected chi connectivity index (χ1v) is 16.4. The third-order valence-corrected chi connectivity index (χ3v) is 10.1. The van der Waals surface area contributed by atoms with Crippen LogP contribution in [0.15, 0.2) is 182 Å². The second-order valence-corrected chi connectivity index (χ2v) is 12.6. The van der Waals surface area contributed by atoms with Crippen molar-refractivity contribution in [2.24, 2.45) is 0 Å². The van der Waals surface area contributed by atoms with Gasteiger partial charge in [0.2, 0.25) is 0 Å². The standard InChI is InChI=1S/C45H30ClN/c46-42-29-31-15-10-11-22-36(31)39-30-35(27-28-37(39)42)47(34-20-8-3-9-21-34)43-26-14-25-41-44(43)38-23-12-13-24-40(38)45(41,32-16-4-1-5-17-32)33-18-6-2-7-19-33/h1-30H. The van der Waals surface area contributed by atoms with Gasteiger partial charge in [-0.1, -0.05) is 157 Å². The number of fused-ring (bicyclic) bond motifs is 6. The first-order chi connectivity index (χ1) is 23.2. The van der Waals surface area contributed by atoms with Crippen molar-refractivity contribution in [3.05, 3.63) is 209 Å². The first kappa shape index (κ1) is 27.7. The fraction of sp³-hybridized carbons (Fsp3) is 0.0222. The molecule has 0 aromatic heterocycles. The molecule has 2 heteroatoms. The van der Waals surface area contributed by atoms with Crippen molar-refractivity contribution in [3.8, 4) is 11.1 Å². The van der Waals surface area contributed by atoms with E-state index in [-0.39, 0.29) is 0 Å². The monoisotopic (exact) mass is 619 g/mol. The lowest BCUT2D eigenvalue weighted by Crippen LogP contribution is -2.28. The molecule has 0 atom stereocenters. The highest BCUT2D eigenvalue weighted by atomic mass is 35.5. The van der Waals surface area contributed by atoms with E-state index in [9.17, 15) is 0 Å². The summed E-state index contributed by atoms with van der Waals surface area (Å²) in [5, 5.41) is 5.29. The van der Waals surface area contributed by atoms with Crippen LogP contribution in [-0.2, 0) is 5.41 Å². The summed E-state index contributed by atoms with van der Waals surface area (Å²) in [5.41, 5.74) is 10.4. The Kier molecular flexibility index (Phi) is 6.48. The van der Waals surface area contributed by atoms with Crippen LogP contribution in [0.4, 0.5) is 17.1 Å². The molecule has 222 valence electrons. The van der Waals surface area contributed by atoms with Crippen molar-refractivity contribution in [2.45, 2.75) is 5.41 Å². The van der Waals surface area contributed by atoms with E-state index in [0.717, 1.165) is 38.2 Å². The van der Waals surface area contributed by atoms with E-state index in [1.165, 1.54) is 38.8 Å². The lowest BCUT2D eigenvalue weighted by molar-refractivity contribution is 0.768. The molecular formula is C45H30ClN. The van der Waals surface area contributed by atoms with Gasteiger partial charge in [-0.3, -0.25) is 0 Å². The van der Waals surface area contributed by atoms with Crippen molar-refractivity contribution in [2.75, 3.05) is 4.90 Å². The Morgan fingerprint density at radius 3 is 1.79 bits per heavy atom. The first-order valence-electron chi connectivity index (χ1n) is 16.1. The number of para-hydroxylation sites is 1. The zero-order chi connectivity index (χ0) is 31.4. The van der Waals surface area contributed by atoms with Crippen LogP contribution in [-0.4, -0.2) is 0 Å². The van der Waals surface area contributed by atoms with Crippen LogP contribution in [0.25, 0.3) is 32.7 Å². The third kappa shape index (κ3) is 4.17. The number of benzene rings is 8. The van der Waals surface area contributed by atoms with Gasteiger partial charge in [0.1, 0.15) is 0 Å². The molecule has 0 N–H and O–H groups in total. The number of halogens is 1. The lowest BCUT2D eigenvalue weighted by Gasteiger charge is -2.34. The van der Waals surface area contributed by atoms with Crippen molar-refractivity contribution >= 4 is 50.2 Å². The van der Waals surface area contributed by atoms with Gasteiger partial charge in [0.15, 0.2) is 0 Å². The van der Waals surface area contributed by atoms with Gasteiger partial charge >= 0.3 is 0 Å². The van der Waals surface area contributed by atoms with Gasteiger partial charge < -0.3 is 4.90 Å². The number of nitrogens with zero attached hydrogens (tertiary/aromatic N) is 1. The Bertz CT molecular complexity index is 2380. The van der Waals surface area contributed by atoms with Crippen LogP contribution >= 0.6 is 11.6 Å². The summed E-state index contributed by atoms with van der Waals surface area (Å²) in [6, 6.07) is 65.7. The highest BCUT2D eigenvalue weighted by Crippen LogP contribution is 2.59. The van der Waals surface area contributed by atoms with Gasteiger partial charge in [-0.25, -0.2) is 0 Å². The second kappa shape index (κ2) is 11.0. The van der Waals surface area contributed by atoms with Gasteiger partial charge in [0.25, 0.3) is 0 Å². The largest absolute Gasteiger partial charge is 0.310 e. The molecule has 1 nitrogen and oxygen atoms in total. The predicted molar refractivity (Wildman–Crippen MR) is 198 cm³/mol. The Morgan fingerprint density at radius 2 is 1.04 bits per heavy atom. The smallest absolute Gasteiger partial charge is 0.0714 e. The highest BCUT2D eigenvalue weighted by molar-refractivity contribution is 6.37. The molecule has 0 amide bonds. The minimum atomic E-state index is -0.472. The minimum absolute atomic E-state index is 0.472. The van der Waals surface area contributed by atoms with Gasteiger partial charge in [-0.2, -0.15) is 0 Å². The second-order valence-electron chi connectivity index (χ2n) is 12.2. The number of hydrogen-bond acceptors (Lipinski definition) is 1.